The number of rotatable bonds is 8. The number of halogens is 1. The number of amides is 1. The van der Waals surface area contributed by atoms with Gasteiger partial charge in [0.05, 0.1) is 23.7 Å². The van der Waals surface area contributed by atoms with E-state index in [1.807, 2.05) is 0 Å². The van der Waals surface area contributed by atoms with Crippen molar-refractivity contribution in [1.29, 1.82) is 0 Å². The molecule has 0 aromatic heterocycles. The van der Waals surface area contributed by atoms with Crippen molar-refractivity contribution in [1.82, 2.24) is 9.62 Å². The Kier molecular flexibility index (Phi) is 7.15. The summed E-state index contributed by atoms with van der Waals surface area (Å²) in [5, 5.41) is 2.67. The van der Waals surface area contributed by atoms with E-state index < -0.39 is 44.2 Å². The van der Waals surface area contributed by atoms with Crippen LogP contribution in [-0.4, -0.2) is 46.1 Å². The zero-order chi connectivity index (χ0) is 21.8. The van der Waals surface area contributed by atoms with E-state index in [1.54, 1.807) is 25.1 Å². The summed E-state index contributed by atoms with van der Waals surface area (Å²) in [5.41, 5.74) is 0.820. The van der Waals surface area contributed by atoms with Crippen molar-refractivity contribution < 1.29 is 26.0 Å². The first kappa shape index (κ1) is 23.0. The van der Waals surface area contributed by atoms with Crippen LogP contribution in [0.2, 0.25) is 0 Å². The lowest BCUT2D eigenvalue weighted by molar-refractivity contribution is -0.122. The molecular formula is C19H23FN2O5S2. The molecule has 10 heteroatoms. The van der Waals surface area contributed by atoms with Gasteiger partial charge in [-0.05, 0) is 30.7 Å². The molecular weight excluding hydrogens is 419 g/mol. The molecule has 1 amide bonds. The van der Waals surface area contributed by atoms with Crippen molar-refractivity contribution in [3.05, 3.63) is 65.5 Å². The van der Waals surface area contributed by atoms with E-state index in [2.05, 4.69) is 5.32 Å². The Bertz CT molecular complexity index is 1080. The van der Waals surface area contributed by atoms with Crippen molar-refractivity contribution in [2.45, 2.75) is 24.4 Å². The van der Waals surface area contributed by atoms with Gasteiger partial charge in [-0.2, -0.15) is 4.31 Å². The molecule has 0 aliphatic heterocycles. The number of carbonyl (C=O) groups is 1. The maximum Gasteiger partial charge on any atom is 0.235 e. The summed E-state index contributed by atoms with van der Waals surface area (Å²) in [7, 11) is -7.08. The van der Waals surface area contributed by atoms with Gasteiger partial charge in [0.2, 0.25) is 15.9 Å². The van der Waals surface area contributed by atoms with Gasteiger partial charge in [-0.3, -0.25) is 4.79 Å². The number of hydrogen-bond donors (Lipinski definition) is 1. The highest BCUT2D eigenvalue weighted by Crippen LogP contribution is 2.17. The summed E-state index contributed by atoms with van der Waals surface area (Å²) in [4.78, 5) is 12.5. The summed E-state index contributed by atoms with van der Waals surface area (Å²) in [6.07, 6.45) is 2.05. The summed E-state index contributed by atoms with van der Waals surface area (Å²) >= 11 is 0. The molecule has 7 nitrogen and oxygen atoms in total. The van der Waals surface area contributed by atoms with Crippen LogP contribution in [0.1, 0.15) is 24.1 Å². The fourth-order valence-electron chi connectivity index (χ4n) is 2.64. The van der Waals surface area contributed by atoms with Gasteiger partial charge in [0, 0.05) is 18.4 Å². The van der Waals surface area contributed by atoms with Gasteiger partial charge in [-0.25, -0.2) is 21.2 Å². The summed E-state index contributed by atoms with van der Waals surface area (Å²) in [5.74, 6) is -1.12. The highest BCUT2D eigenvalue weighted by molar-refractivity contribution is 7.90. The highest BCUT2D eigenvalue weighted by atomic mass is 32.2. The van der Waals surface area contributed by atoms with Crippen molar-refractivity contribution >= 4 is 25.8 Å². The summed E-state index contributed by atoms with van der Waals surface area (Å²) in [6, 6.07) is 11.3. The molecule has 2 aromatic rings. The van der Waals surface area contributed by atoms with E-state index in [1.165, 1.54) is 30.3 Å². The van der Waals surface area contributed by atoms with Crippen LogP contribution in [0.15, 0.2) is 53.4 Å². The lowest BCUT2D eigenvalue weighted by Gasteiger charge is -2.21. The molecule has 0 saturated heterocycles. The van der Waals surface area contributed by atoms with E-state index in [9.17, 15) is 26.0 Å². The quantitative estimate of drug-likeness (QED) is 0.673. The molecule has 0 aliphatic carbocycles. The summed E-state index contributed by atoms with van der Waals surface area (Å²) < 4.78 is 61.9. The van der Waals surface area contributed by atoms with E-state index in [0.29, 0.717) is 5.56 Å². The van der Waals surface area contributed by atoms with Crippen LogP contribution in [0.5, 0.6) is 0 Å². The third-order valence-corrected chi connectivity index (χ3v) is 6.60. The maximum atomic E-state index is 13.9. The number of sulfone groups is 1. The van der Waals surface area contributed by atoms with E-state index in [4.69, 9.17) is 0 Å². The van der Waals surface area contributed by atoms with Crippen LogP contribution >= 0.6 is 0 Å². The fourth-order valence-corrected chi connectivity index (χ4v) is 4.00. The number of benzene rings is 2. The average Bonchev–Trinajstić information content (AvgIpc) is 2.61. The molecule has 0 aliphatic rings. The van der Waals surface area contributed by atoms with Gasteiger partial charge in [0.25, 0.3) is 0 Å². The minimum Gasteiger partial charge on any atom is -0.348 e. The zero-order valence-electron chi connectivity index (χ0n) is 16.3. The van der Waals surface area contributed by atoms with Gasteiger partial charge in [-0.1, -0.05) is 30.3 Å². The summed E-state index contributed by atoms with van der Waals surface area (Å²) in [6.45, 7) is 0.949. The molecule has 0 bridgehead atoms. The van der Waals surface area contributed by atoms with Crippen LogP contribution in [0.4, 0.5) is 4.39 Å². The first-order chi connectivity index (χ1) is 13.4. The monoisotopic (exact) mass is 442 g/mol. The first-order valence-electron chi connectivity index (χ1n) is 8.66. The maximum absolute atomic E-state index is 13.9. The molecule has 0 heterocycles. The SMILES string of the molecule is CC(NC(=O)CN(Cc1ccccc1F)S(C)(=O)=O)c1ccc(S(C)(=O)=O)cc1. The van der Waals surface area contributed by atoms with Crippen LogP contribution in [0, 0.1) is 5.82 Å². The minimum atomic E-state index is -3.76. The lowest BCUT2D eigenvalue weighted by Crippen LogP contribution is -2.40. The van der Waals surface area contributed by atoms with Crippen molar-refractivity contribution in [2.75, 3.05) is 19.1 Å². The third-order valence-electron chi connectivity index (χ3n) is 4.28. The third kappa shape index (κ3) is 6.62. The van der Waals surface area contributed by atoms with Crippen LogP contribution in [0.3, 0.4) is 0 Å². The second-order valence-corrected chi connectivity index (χ2v) is 10.8. The standard InChI is InChI=1S/C19H23FN2O5S2/c1-14(15-8-10-17(11-9-15)28(2,24)25)21-19(23)13-22(29(3,26)27)12-16-6-4-5-7-18(16)20/h4-11,14H,12-13H2,1-3H3,(H,21,23). The minimum absolute atomic E-state index is 0.160. The lowest BCUT2D eigenvalue weighted by atomic mass is 10.1. The van der Waals surface area contributed by atoms with Crippen LogP contribution in [0.25, 0.3) is 0 Å². The molecule has 0 saturated carbocycles. The zero-order valence-corrected chi connectivity index (χ0v) is 17.9. The Hall–Kier alpha value is -2.30. The van der Waals surface area contributed by atoms with Crippen LogP contribution < -0.4 is 5.32 Å². The van der Waals surface area contributed by atoms with Gasteiger partial charge < -0.3 is 5.32 Å². The predicted molar refractivity (Wildman–Crippen MR) is 108 cm³/mol. The molecule has 0 spiro atoms. The Morgan fingerprint density at radius 3 is 2.14 bits per heavy atom. The number of hydrogen-bond acceptors (Lipinski definition) is 5. The van der Waals surface area contributed by atoms with Crippen molar-refractivity contribution in [3.8, 4) is 0 Å². The van der Waals surface area contributed by atoms with Crippen molar-refractivity contribution in [2.24, 2.45) is 0 Å². The number of sulfonamides is 1. The Morgan fingerprint density at radius 2 is 1.62 bits per heavy atom. The first-order valence-corrected chi connectivity index (χ1v) is 12.4. The smallest absolute Gasteiger partial charge is 0.235 e. The Morgan fingerprint density at radius 1 is 1.03 bits per heavy atom. The predicted octanol–water partition coefficient (Wildman–Crippen LogP) is 1.87. The number of carbonyl (C=O) groups excluding carboxylic acids is 1. The molecule has 1 N–H and O–H groups in total. The number of nitrogens with zero attached hydrogens (tertiary/aromatic N) is 1. The van der Waals surface area contributed by atoms with E-state index in [-0.39, 0.29) is 17.0 Å². The fraction of sp³-hybridized carbons (Fsp3) is 0.316. The Labute approximate surface area is 170 Å². The van der Waals surface area contributed by atoms with E-state index >= 15 is 0 Å². The molecule has 0 fully saturated rings. The van der Waals surface area contributed by atoms with Crippen molar-refractivity contribution in [3.63, 3.8) is 0 Å². The largest absolute Gasteiger partial charge is 0.348 e. The molecule has 158 valence electrons. The molecule has 2 aromatic carbocycles. The van der Waals surface area contributed by atoms with Gasteiger partial charge in [0.15, 0.2) is 9.84 Å². The molecule has 1 atom stereocenters. The van der Waals surface area contributed by atoms with Crippen LogP contribution in [-0.2, 0) is 31.2 Å². The van der Waals surface area contributed by atoms with Gasteiger partial charge in [0.1, 0.15) is 5.82 Å². The number of nitrogens with one attached hydrogen (secondary N) is 1. The second kappa shape index (κ2) is 9.02. The highest BCUT2D eigenvalue weighted by Gasteiger charge is 2.23. The molecule has 0 radical (unpaired) electrons. The molecule has 1 unspecified atom stereocenters. The molecule has 29 heavy (non-hydrogen) atoms. The van der Waals surface area contributed by atoms with E-state index in [0.717, 1.165) is 16.8 Å². The topological polar surface area (TPSA) is 101 Å². The Balaban J connectivity index is 2.09. The molecule has 2 rings (SSSR count). The van der Waals surface area contributed by atoms with Gasteiger partial charge in [-0.15, -0.1) is 0 Å². The second-order valence-electron chi connectivity index (χ2n) is 6.75. The average molecular weight is 443 g/mol. The normalized spacial score (nSPS) is 13.3. The van der Waals surface area contributed by atoms with Gasteiger partial charge >= 0.3 is 0 Å².